The van der Waals surface area contributed by atoms with Crippen LogP contribution in [-0.4, -0.2) is 10.2 Å². The quantitative estimate of drug-likeness (QED) is 0.943. The summed E-state index contributed by atoms with van der Waals surface area (Å²) in [7, 11) is 0. The van der Waals surface area contributed by atoms with E-state index in [-0.39, 0.29) is 6.04 Å². The van der Waals surface area contributed by atoms with Crippen molar-refractivity contribution >= 4 is 27.3 Å². The first-order chi connectivity index (χ1) is 7.20. The summed E-state index contributed by atoms with van der Waals surface area (Å²) in [5.74, 6) is 0.717. The number of hydrogen-bond acceptors (Lipinski definition) is 5. The highest BCUT2D eigenvalue weighted by molar-refractivity contribution is 9.10. The molecule has 0 saturated carbocycles. The van der Waals surface area contributed by atoms with Gasteiger partial charge in [-0.05, 0) is 34.5 Å². The van der Waals surface area contributed by atoms with Gasteiger partial charge in [0, 0.05) is 0 Å². The summed E-state index contributed by atoms with van der Waals surface area (Å²) in [6.45, 7) is 2.02. The maximum atomic E-state index is 5.86. The molecule has 0 spiro atoms. The predicted octanol–water partition coefficient (Wildman–Crippen LogP) is 2.97. The molecule has 15 heavy (non-hydrogen) atoms. The summed E-state index contributed by atoms with van der Waals surface area (Å²) in [5.41, 5.74) is 5.86. The Morgan fingerprint density at radius 1 is 1.53 bits per heavy atom. The average molecular weight is 288 g/mol. The van der Waals surface area contributed by atoms with Crippen molar-refractivity contribution in [2.75, 3.05) is 0 Å². The third-order valence-electron chi connectivity index (χ3n) is 1.98. The zero-order chi connectivity index (χ0) is 10.8. The number of aromatic nitrogens is 2. The summed E-state index contributed by atoms with van der Waals surface area (Å²) >= 11 is 4.71. The lowest BCUT2D eigenvalue weighted by molar-refractivity contribution is 0.554. The Morgan fingerprint density at radius 3 is 2.93 bits per heavy atom. The molecule has 2 aromatic rings. The minimum absolute atomic E-state index is 0.0327. The van der Waals surface area contributed by atoms with Crippen LogP contribution in [0.5, 0.6) is 0 Å². The van der Waals surface area contributed by atoms with Crippen molar-refractivity contribution in [1.29, 1.82) is 0 Å². The van der Waals surface area contributed by atoms with Crippen LogP contribution < -0.4 is 5.73 Å². The minimum Gasteiger partial charge on any atom is -0.447 e. The molecule has 2 heterocycles. The van der Waals surface area contributed by atoms with E-state index in [0.29, 0.717) is 10.4 Å². The lowest BCUT2D eigenvalue weighted by atomic mass is 10.3. The van der Waals surface area contributed by atoms with Crippen LogP contribution in [0.4, 0.5) is 0 Å². The highest BCUT2D eigenvalue weighted by Gasteiger charge is 2.13. The third-order valence-corrected chi connectivity index (χ3v) is 3.48. The van der Waals surface area contributed by atoms with Gasteiger partial charge < -0.3 is 10.2 Å². The van der Waals surface area contributed by atoms with Gasteiger partial charge in [-0.2, -0.15) is 0 Å². The number of nitrogens with two attached hydrogens (primary N) is 1. The second-order valence-electron chi connectivity index (χ2n) is 3.06. The Labute approximate surface area is 99.6 Å². The van der Waals surface area contributed by atoms with Crippen LogP contribution in [0.2, 0.25) is 0 Å². The molecule has 0 fully saturated rings. The Bertz CT molecular complexity index is 454. The number of halogens is 1. The Kier molecular flexibility index (Phi) is 3.18. The largest absolute Gasteiger partial charge is 0.447 e. The molecule has 0 bridgehead atoms. The third kappa shape index (κ3) is 2.27. The highest BCUT2D eigenvalue weighted by Crippen LogP contribution is 2.29. The van der Waals surface area contributed by atoms with Crippen LogP contribution in [0.3, 0.4) is 0 Å². The Hall–Kier alpha value is -0.720. The Morgan fingerprint density at radius 2 is 2.33 bits per heavy atom. The van der Waals surface area contributed by atoms with Gasteiger partial charge >= 0.3 is 0 Å². The molecule has 0 radical (unpaired) electrons. The van der Waals surface area contributed by atoms with E-state index in [1.54, 1.807) is 0 Å². The minimum atomic E-state index is -0.0327. The van der Waals surface area contributed by atoms with Gasteiger partial charge in [-0.1, -0.05) is 18.3 Å². The van der Waals surface area contributed by atoms with Gasteiger partial charge in [0.1, 0.15) is 5.01 Å². The number of hydrogen-bond donors (Lipinski definition) is 1. The molecule has 2 N–H and O–H groups in total. The molecule has 2 aromatic heterocycles. The van der Waals surface area contributed by atoms with Gasteiger partial charge in [0.25, 0.3) is 0 Å². The van der Waals surface area contributed by atoms with Crippen LogP contribution in [0.25, 0.3) is 10.8 Å². The molecule has 2 rings (SSSR count). The monoisotopic (exact) mass is 287 g/mol. The average Bonchev–Trinajstić information content (AvgIpc) is 2.84. The van der Waals surface area contributed by atoms with Gasteiger partial charge in [-0.25, -0.2) is 0 Å². The van der Waals surface area contributed by atoms with E-state index in [9.17, 15) is 0 Å². The summed E-state index contributed by atoms with van der Waals surface area (Å²) < 4.78 is 6.07. The molecule has 80 valence electrons. The smallest absolute Gasteiger partial charge is 0.183 e. The van der Waals surface area contributed by atoms with Crippen LogP contribution in [0.1, 0.15) is 24.4 Å². The molecular weight excluding hydrogens is 278 g/mol. The fraction of sp³-hybridized carbons (Fsp3) is 0.333. The SMILES string of the molecule is CCC(N)c1nnc(-c2ccc(Br)o2)s1. The molecule has 0 aromatic carbocycles. The molecular formula is C9H10BrN3OS. The topological polar surface area (TPSA) is 64.9 Å². The molecule has 1 unspecified atom stereocenters. The number of rotatable bonds is 3. The van der Waals surface area contributed by atoms with Crippen molar-refractivity contribution in [3.05, 3.63) is 21.8 Å². The van der Waals surface area contributed by atoms with Gasteiger partial charge in [0.2, 0.25) is 0 Å². The summed E-state index contributed by atoms with van der Waals surface area (Å²) in [6, 6.07) is 3.65. The van der Waals surface area contributed by atoms with E-state index in [4.69, 9.17) is 10.2 Å². The van der Waals surface area contributed by atoms with Gasteiger partial charge in [-0.15, -0.1) is 10.2 Å². The molecule has 0 aliphatic heterocycles. The first-order valence-electron chi connectivity index (χ1n) is 4.55. The lowest BCUT2D eigenvalue weighted by Gasteiger charge is -2.00. The molecule has 6 heteroatoms. The van der Waals surface area contributed by atoms with E-state index >= 15 is 0 Å². The maximum absolute atomic E-state index is 5.86. The molecule has 1 atom stereocenters. The fourth-order valence-electron chi connectivity index (χ4n) is 1.09. The molecule has 0 amide bonds. The van der Waals surface area contributed by atoms with Crippen molar-refractivity contribution in [1.82, 2.24) is 10.2 Å². The highest BCUT2D eigenvalue weighted by atomic mass is 79.9. The first-order valence-corrected chi connectivity index (χ1v) is 6.16. The summed E-state index contributed by atoms with van der Waals surface area (Å²) in [6.07, 6.45) is 0.858. The standard InChI is InChI=1S/C9H10BrN3OS/c1-2-5(11)8-12-13-9(15-8)6-3-4-7(10)14-6/h3-5H,2,11H2,1H3. The fourth-order valence-corrected chi connectivity index (χ4v) is 2.28. The zero-order valence-electron chi connectivity index (χ0n) is 8.11. The number of nitrogens with zero attached hydrogens (tertiary/aromatic N) is 2. The molecule has 0 saturated heterocycles. The molecule has 0 aliphatic rings. The van der Waals surface area contributed by atoms with Crippen LogP contribution in [0.15, 0.2) is 21.2 Å². The van der Waals surface area contributed by atoms with Gasteiger partial charge in [0.05, 0.1) is 6.04 Å². The van der Waals surface area contributed by atoms with Crippen LogP contribution in [0, 0.1) is 0 Å². The first kappa shape index (κ1) is 10.8. The molecule has 4 nitrogen and oxygen atoms in total. The van der Waals surface area contributed by atoms with E-state index in [2.05, 4.69) is 26.1 Å². The van der Waals surface area contributed by atoms with E-state index in [0.717, 1.165) is 16.4 Å². The summed E-state index contributed by atoms with van der Waals surface area (Å²) in [5, 5.41) is 9.69. The lowest BCUT2D eigenvalue weighted by Crippen LogP contribution is -2.07. The van der Waals surface area contributed by atoms with Gasteiger partial charge in [0.15, 0.2) is 15.4 Å². The normalized spacial score (nSPS) is 13.0. The van der Waals surface area contributed by atoms with Gasteiger partial charge in [-0.3, -0.25) is 0 Å². The van der Waals surface area contributed by atoms with Crippen molar-refractivity contribution in [3.8, 4) is 10.8 Å². The molecule has 0 aliphatic carbocycles. The predicted molar refractivity (Wildman–Crippen MR) is 62.5 cm³/mol. The van der Waals surface area contributed by atoms with Crippen molar-refractivity contribution in [2.24, 2.45) is 5.73 Å². The second kappa shape index (κ2) is 4.42. The number of furan rings is 1. The second-order valence-corrected chi connectivity index (χ2v) is 4.85. The summed E-state index contributed by atoms with van der Waals surface area (Å²) in [4.78, 5) is 0. The maximum Gasteiger partial charge on any atom is 0.183 e. The van der Waals surface area contributed by atoms with Crippen LogP contribution >= 0.6 is 27.3 Å². The zero-order valence-corrected chi connectivity index (χ0v) is 10.5. The van der Waals surface area contributed by atoms with E-state index in [1.165, 1.54) is 11.3 Å². The van der Waals surface area contributed by atoms with E-state index < -0.39 is 0 Å². The Balaban J connectivity index is 2.27. The van der Waals surface area contributed by atoms with Crippen LogP contribution in [-0.2, 0) is 0 Å². The van der Waals surface area contributed by atoms with E-state index in [1.807, 2.05) is 19.1 Å². The van der Waals surface area contributed by atoms with Crippen molar-refractivity contribution in [3.63, 3.8) is 0 Å². The van der Waals surface area contributed by atoms with Crippen molar-refractivity contribution in [2.45, 2.75) is 19.4 Å². The van der Waals surface area contributed by atoms with Crippen molar-refractivity contribution < 1.29 is 4.42 Å².